The van der Waals surface area contributed by atoms with E-state index in [1.807, 2.05) is 32.9 Å². The Bertz CT molecular complexity index is 351. The van der Waals surface area contributed by atoms with Gasteiger partial charge in [0.15, 0.2) is 5.76 Å². The van der Waals surface area contributed by atoms with Crippen molar-refractivity contribution in [3.05, 3.63) is 36.2 Å². The average molecular weight is 190 g/mol. The highest BCUT2D eigenvalue weighted by Crippen LogP contribution is 2.14. The van der Waals surface area contributed by atoms with Gasteiger partial charge in [0.1, 0.15) is 5.69 Å². The molecule has 0 unspecified atom stereocenters. The maximum atomic E-state index is 4.95. The van der Waals surface area contributed by atoms with Crippen molar-refractivity contribution >= 4 is 0 Å². The predicted molar refractivity (Wildman–Crippen MR) is 55.8 cm³/mol. The van der Waals surface area contributed by atoms with Gasteiger partial charge in [-0.25, -0.2) is 0 Å². The fourth-order valence-corrected chi connectivity index (χ4v) is 0.961. The topological polar surface area (TPSA) is 38.9 Å². The van der Waals surface area contributed by atoms with Crippen molar-refractivity contribution in [1.82, 2.24) is 10.1 Å². The van der Waals surface area contributed by atoms with Crippen LogP contribution >= 0.6 is 0 Å². The van der Waals surface area contributed by atoms with Crippen LogP contribution in [0.4, 0.5) is 0 Å². The Morgan fingerprint density at radius 1 is 1.14 bits per heavy atom. The highest BCUT2D eigenvalue weighted by molar-refractivity contribution is 5.50. The van der Waals surface area contributed by atoms with Gasteiger partial charge in [-0.05, 0) is 18.6 Å². The van der Waals surface area contributed by atoms with Gasteiger partial charge in [0.2, 0.25) is 0 Å². The highest BCUT2D eigenvalue weighted by atomic mass is 16.5. The third-order valence-electron chi connectivity index (χ3n) is 1.60. The number of pyridine rings is 1. The van der Waals surface area contributed by atoms with Gasteiger partial charge >= 0.3 is 0 Å². The lowest BCUT2D eigenvalue weighted by molar-refractivity contribution is 0.431. The molecule has 3 heteroatoms. The zero-order valence-electron chi connectivity index (χ0n) is 8.69. The molecule has 0 saturated carbocycles. The minimum atomic E-state index is 0.704. The van der Waals surface area contributed by atoms with Crippen LogP contribution in [0.5, 0.6) is 0 Å². The monoisotopic (exact) mass is 190 g/mol. The van der Waals surface area contributed by atoms with Gasteiger partial charge < -0.3 is 4.52 Å². The van der Waals surface area contributed by atoms with Crippen molar-refractivity contribution in [2.45, 2.75) is 20.8 Å². The van der Waals surface area contributed by atoms with Gasteiger partial charge in [0.25, 0.3) is 0 Å². The van der Waals surface area contributed by atoms with E-state index in [-0.39, 0.29) is 0 Å². The first kappa shape index (κ1) is 10.4. The molecule has 0 fully saturated rings. The van der Waals surface area contributed by atoms with Gasteiger partial charge in [0, 0.05) is 12.3 Å². The number of rotatable bonds is 1. The predicted octanol–water partition coefficient (Wildman–Crippen LogP) is 3.07. The van der Waals surface area contributed by atoms with Crippen molar-refractivity contribution in [2.24, 2.45) is 0 Å². The summed E-state index contributed by atoms with van der Waals surface area (Å²) in [5.41, 5.74) is 1.95. The standard InChI is InChI=1S/C9H8N2O.C2H6/c1-7-2-3-8(10-6-7)9-4-5-11-12-9;1-2/h2-6H,1H3;1-2H3. The summed E-state index contributed by atoms with van der Waals surface area (Å²) in [4.78, 5) is 4.19. The smallest absolute Gasteiger partial charge is 0.185 e. The molecule has 0 spiro atoms. The Morgan fingerprint density at radius 3 is 2.43 bits per heavy atom. The maximum absolute atomic E-state index is 4.95. The van der Waals surface area contributed by atoms with E-state index in [4.69, 9.17) is 4.52 Å². The second-order valence-corrected chi connectivity index (χ2v) is 2.60. The molecule has 14 heavy (non-hydrogen) atoms. The molecule has 0 aliphatic rings. The molecule has 0 aliphatic heterocycles. The van der Waals surface area contributed by atoms with E-state index in [0.717, 1.165) is 11.3 Å². The van der Waals surface area contributed by atoms with Crippen molar-refractivity contribution in [3.63, 3.8) is 0 Å². The highest BCUT2D eigenvalue weighted by Gasteiger charge is 2.00. The summed E-state index contributed by atoms with van der Waals surface area (Å²) in [6.45, 7) is 6.00. The molecule has 2 aromatic heterocycles. The van der Waals surface area contributed by atoms with E-state index in [0.29, 0.717) is 5.76 Å². The number of nitrogens with zero attached hydrogens (tertiary/aromatic N) is 2. The Hall–Kier alpha value is -1.64. The third-order valence-corrected chi connectivity index (χ3v) is 1.60. The van der Waals surface area contributed by atoms with E-state index in [1.165, 1.54) is 0 Å². The Kier molecular flexibility index (Phi) is 3.85. The van der Waals surface area contributed by atoms with Gasteiger partial charge in [-0.1, -0.05) is 25.1 Å². The largest absolute Gasteiger partial charge is 0.355 e. The Labute approximate surface area is 83.8 Å². The molecule has 0 bridgehead atoms. The zero-order chi connectivity index (χ0) is 10.4. The van der Waals surface area contributed by atoms with Crippen LogP contribution in [0.2, 0.25) is 0 Å². The zero-order valence-corrected chi connectivity index (χ0v) is 8.69. The molecule has 0 N–H and O–H groups in total. The van der Waals surface area contributed by atoms with Gasteiger partial charge in [-0.15, -0.1) is 0 Å². The molecule has 0 amide bonds. The van der Waals surface area contributed by atoms with Crippen LogP contribution < -0.4 is 0 Å². The summed E-state index contributed by atoms with van der Waals surface area (Å²) in [5, 5.41) is 3.61. The molecule has 0 saturated heterocycles. The summed E-state index contributed by atoms with van der Waals surface area (Å²) in [7, 11) is 0. The van der Waals surface area contributed by atoms with Crippen LogP contribution in [0, 0.1) is 6.92 Å². The summed E-state index contributed by atoms with van der Waals surface area (Å²) >= 11 is 0. The van der Waals surface area contributed by atoms with Crippen LogP contribution in [0.3, 0.4) is 0 Å². The molecule has 3 nitrogen and oxygen atoms in total. The van der Waals surface area contributed by atoms with Gasteiger partial charge in [-0.2, -0.15) is 0 Å². The van der Waals surface area contributed by atoms with Gasteiger partial charge in [-0.3, -0.25) is 4.98 Å². The molecule has 0 aromatic carbocycles. The molecule has 2 aromatic rings. The third kappa shape index (κ3) is 2.42. The SMILES string of the molecule is CC.Cc1ccc(-c2ccno2)nc1. The van der Waals surface area contributed by atoms with E-state index in [9.17, 15) is 0 Å². The lowest BCUT2D eigenvalue weighted by atomic mass is 10.2. The lowest BCUT2D eigenvalue weighted by Gasteiger charge is -1.93. The number of hydrogen-bond donors (Lipinski definition) is 0. The van der Waals surface area contributed by atoms with Crippen molar-refractivity contribution in [1.29, 1.82) is 0 Å². The van der Waals surface area contributed by atoms with Crippen molar-refractivity contribution in [3.8, 4) is 11.5 Å². The normalized spacial score (nSPS) is 9.07. The molecule has 2 heterocycles. The molecule has 2 rings (SSSR count). The number of aryl methyl sites for hydroxylation is 1. The molecular formula is C11H14N2O. The van der Waals surface area contributed by atoms with Crippen LogP contribution in [-0.4, -0.2) is 10.1 Å². The second kappa shape index (κ2) is 5.17. The maximum Gasteiger partial charge on any atom is 0.185 e. The first-order valence-electron chi connectivity index (χ1n) is 4.70. The number of aromatic nitrogens is 2. The molecule has 74 valence electrons. The minimum absolute atomic E-state index is 0.704. The Balaban J connectivity index is 0.000000461. The van der Waals surface area contributed by atoms with E-state index >= 15 is 0 Å². The molecule has 0 atom stereocenters. The fraction of sp³-hybridized carbons (Fsp3) is 0.273. The van der Waals surface area contributed by atoms with Crippen LogP contribution in [0.15, 0.2) is 35.1 Å². The summed E-state index contributed by atoms with van der Waals surface area (Å²) < 4.78 is 4.95. The first-order chi connectivity index (χ1) is 6.86. The van der Waals surface area contributed by atoms with Crippen LogP contribution in [0.25, 0.3) is 11.5 Å². The van der Waals surface area contributed by atoms with Crippen LogP contribution in [-0.2, 0) is 0 Å². The van der Waals surface area contributed by atoms with E-state index < -0.39 is 0 Å². The second-order valence-electron chi connectivity index (χ2n) is 2.60. The lowest BCUT2D eigenvalue weighted by Crippen LogP contribution is -1.80. The molecule has 0 aliphatic carbocycles. The molecule has 0 radical (unpaired) electrons. The van der Waals surface area contributed by atoms with Gasteiger partial charge in [0.05, 0.1) is 6.20 Å². The fourth-order valence-electron chi connectivity index (χ4n) is 0.961. The minimum Gasteiger partial charge on any atom is -0.355 e. The van der Waals surface area contributed by atoms with Crippen LogP contribution in [0.1, 0.15) is 19.4 Å². The van der Waals surface area contributed by atoms with Crippen molar-refractivity contribution in [2.75, 3.05) is 0 Å². The van der Waals surface area contributed by atoms with Crippen molar-refractivity contribution < 1.29 is 4.52 Å². The summed E-state index contributed by atoms with van der Waals surface area (Å²) in [6, 6.07) is 5.69. The van der Waals surface area contributed by atoms with E-state index in [1.54, 1.807) is 18.5 Å². The average Bonchev–Trinajstić information content (AvgIpc) is 2.75. The molecular weight excluding hydrogens is 176 g/mol. The quantitative estimate of drug-likeness (QED) is 0.693. The summed E-state index contributed by atoms with van der Waals surface area (Å²) in [6.07, 6.45) is 3.41. The van der Waals surface area contributed by atoms with E-state index in [2.05, 4.69) is 10.1 Å². The number of hydrogen-bond acceptors (Lipinski definition) is 3. The summed E-state index contributed by atoms with van der Waals surface area (Å²) in [5.74, 6) is 0.704. The first-order valence-corrected chi connectivity index (χ1v) is 4.70. The Morgan fingerprint density at radius 2 is 1.93 bits per heavy atom.